The average Bonchev–Trinajstić information content (AvgIpc) is 2.86. The average molecular weight is 464 g/mol. The lowest BCUT2D eigenvalue weighted by molar-refractivity contribution is 0.0730. The summed E-state index contributed by atoms with van der Waals surface area (Å²) >= 11 is 0. The number of anilines is 1. The minimum absolute atomic E-state index is 0.0332. The highest BCUT2D eigenvalue weighted by Crippen LogP contribution is 2.33. The van der Waals surface area contributed by atoms with E-state index in [9.17, 15) is 13.2 Å². The van der Waals surface area contributed by atoms with Crippen LogP contribution in [0.15, 0.2) is 77.7 Å². The molecule has 3 aromatic rings. The van der Waals surface area contributed by atoms with Gasteiger partial charge in [0.05, 0.1) is 35.4 Å². The van der Waals surface area contributed by atoms with Crippen molar-refractivity contribution in [3.63, 3.8) is 0 Å². The van der Waals surface area contributed by atoms with Crippen molar-refractivity contribution >= 4 is 21.6 Å². The van der Waals surface area contributed by atoms with Gasteiger partial charge in [0.25, 0.3) is 5.91 Å². The standard InChI is InChI=1S/C24H21N3O5S/c25-17-18-5-4-6-19(15-18)24(28)26-22-16-21(33(29,30)27-11-13-31-14-12-27)9-10-23(22)32-20-7-2-1-3-8-20/h1-10,15-16H,11-14H2,(H,26,28). The van der Waals surface area contributed by atoms with Crippen molar-refractivity contribution in [1.29, 1.82) is 5.26 Å². The number of hydrogen-bond donors (Lipinski definition) is 1. The first kappa shape index (κ1) is 22.5. The molecule has 33 heavy (non-hydrogen) atoms. The van der Waals surface area contributed by atoms with E-state index in [1.54, 1.807) is 42.5 Å². The number of nitrogens with one attached hydrogen (secondary N) is 1. The number of carbonyl (C=O) groups is 1. The zero-order valence-corrected chi connectivity index (χ0v) is 18.4. The molecule has 1 amide bonds. The number of carbonyl (C=O) groups excluding carboxylic acids is 1. The SMILES string of the molecule is N#Cc1cccc(C(=O)Nc2cc(S(=O)(=O)N3CCOCC3)ccc2Oc2ccccc2)c1. The highest BCUT2D eigenvalue weighted by Gasteiger charge is 2.27. The van der Waals surface area contributed by atoms with E-state index >= 15 is 0 Å². The minimum atomic E-state index is -3.78. The van der Waals surface area contributed by atoms with Gasteiger partial charge in [-0.1, -0.05) is 24.3 Å². The molecule has 1 fully saturated rings. The van der Waals surface area contributed by atoms with Crippen LogP contribution >= 0.6 is 0 Å². The first-order valence-electron chi connectivity index (χ1n) is 10.2. The number of amides is 1. The second-order valence-electron chi connectivity index (χ2n) is 7.24. The third-order valence-corrected chi connectivity index (χ3v) is 6.93. The maximum atomic E-state index is 13.1. The molecule has 1 heterocycles. The zero-order valence-electron chi connectivity index (χ0n) is 17.6. The van der Waals surface area contributed by atoms with E-state index in [4.69, 9.17) is 14.7 Å². The monoisotopic (exact) mass is 463 g/mol. The van der Waals surface area contributed by atoms with Crippen molar-refractivity contribution in [2.75, 3.05) is 31.6 Å². The number of morpholine rings is 1. The Morgan fingerprint density at radius 2 is 1.76 bits per heavy atom. The lowest BCUT2D eigenvalue weighted by atomic mass is 10.1. The van der Waals surface area contributed by atoms with E-state index in [-0.39, 0.29) is 35.0 Å². The molecule has 1 saturated heterocycles. The molecule has 1 N–H and O–H groups in total. The summed E-state index contributed by atoms with van der Waals surface area (Å²) in [6.07, 6.45) is 0. The molecular weight excluding hydrogens is 442 g/mol. The van der Waals surface area contributed by atoms with Crippen LogP contribution in [0, 0.1) is 11.3 Å². The number of rotatable bonds is 6. The molecule has 1 aliphatic heterocycles. The second kappa shape index (κ2) is 9.83. The van der Waals surface area contributed by atoms with E-state index in [0.29, 0.717) is 24.5 Å². The van der Waals surface area contributed by atoms with Crippen molar-refractivity contribution < 1.29 is 22.7 Å². The maximum absolute atomic E-state index is 13.1. The number of ether oxygens (including phenoxy) is 2. The number of benzene rings is 3. The van der Waals surface area contributed by atoms with Crippen LogP contribution in [0.25, 0.3) is 0 Å². The van der Waals surface area contributed by atoms with Crippen LogP contribution in [0.3, 0.4) is 0 Å². The molecule has 0 bridgehead atoms. The Kier molecular flexibility index (Phi) is 6.70. The molecular formula is C24H21N3O5S. The molecule has 0 aliphatic carbocycles. The predicted molar refractivity (Wildman–Crippen MR) is 122 cm³/mol. The highest BCUT2D eigenvalue weighted by molar-refractivity contribution is 7.89. The Hall–Kier alpha value is -3.71. The van der Waals surface area contributed by atoms with Gasteiger partial charge in [-0.15, -0.1) is 0 Å². The van der Waals surface area contributed by atoms with Crippen LogP contribution < -0.4 is 10.1 Å². The summed E-state index contributed by atoms with van der Waals surface area (Å²) < 4.78 is 38.8. The quantitative estimate of drug-likeness (QED) is 0.598. The summed E-state index contributed by atoms with van der Waals surface area (Å²) in [5.74, 6) is 0.320. The van der Waals surface area contributed by atoms with Crippen molar-refractivity contribution in [3.05, 3.63) is 83.9 Å². The van der Waals surface area contributed by atoms with Gasteiger partial charge in [0.2, 0.25) is 10.0 Å². The van der Waals surface area contributed by atoms with Crippen LogP contribution in [0.1, 0.15) is 15.9 Å². The van der Waals surface area contributed by atoms with Crippen LogP contribution in [0.5, 0.6) is 11.5 Å². The lowest BCUT2D eigenvalue weighted by Crippen LogP contribution is -2.40. The van der Waals surface area contributed by atoms with Gasteiger partial charge in [0.1, 0.15) is 5.75 Å². The fraction of sp³-hybridized carbons (Fsp3) is 0.167. The molecule has 3 aromatic carbocycles. The molecule has 0 aromatic heterocycles. The normalized spacial score (nSPS) is 14.3. The number of nitrogens with zero attached hydrogens (tertiary/aromatic N) is 2. The molecule has 8 nitrogen and oxygen atoms in total. The number of hydrogen-bond acceptors (Lipinski definition) is 6. The van der Waals surface area contributed by atoms with Gasteiger partial charge >= 0.3 is 0 Å². The predicted octanol–water partition coefficient (Wildman–Crippen LogP) is 3.62. The molecule has 4 rings (SSSR count). The Morgan fingerprint density at radius 1 is 1.00 bits per heavy atom. The molecule has 1 aliphatic rings. The van der Waals surface area contributed by atoms with Gasteiger partial charge in [-0.05, 0) is 48.5 Å². The maximum Gasteiger partial charge on any atom is 0.255 e. The van der Waals surface area contributed by atoms with Gasteiger partial charge in [-0.25, -0.2) is 8.42 Å². The van der Waals surface area contributed by atoms with E-state index in [1.807, 2.05) is 12.1 Å². The minimum Gasteiger partial charge on any atom is -0.455 e. The molecule has 0 radical (unpaired) electrons. The topological polar surface area (TPSA) is 109 Å². The molecule has 0 unspecified atom stereocenters. The number of para-hydroxylation sites is 1. The van der Waals surface area contributed by atoms with Crippen LogP contribution in [0.4, 0.5) is 5.69 Å². The van der Waals surface area contributed by atoms with Crippen molar-refractivity contribution in [1.82, 2.24) is 4.31 Å². The van der Waals surface area contributed by atoms with Crippen molar-refractivity contribution in [2.24, 2.45) is 0 Å². The van der Waals surface area contributed by atoms with Crippen molar-refractivity contribution in [2.45, 2.75) is 4.90 Å². The molecule has 168 valence electrons. The van der Waals surface area contributed by atoms with Crippen LogP contribution in [0.2, 0.25) is 0 Å². The Morgan fingerprint density at radius 3 is 2.48 bits per heavy atom. The Balaban J connectivity index is 1.70. The third-order valence-electron chi connectivity index (χ3n) is 5.03. The Bertz CT molecular complexity index is 1300. The van der Waals surface area contributed by atoms with E-state index in [0.717, 1.165) is 0 Å². The molecule has 0 spiro atoms. The van der Waals surface area contributed by atoms with E-state index < -0.39 is 15.9 Å². The van der Waals surface area contributed by atoms with Gasteiger partial charge in [-0.2, -0.15) is 9.57 Å². The fourth-order valence-electron chi connectivity index (χ4n) is 3.33. The molecule has 0 saturated carbocycles. The molecule has 0 atom stereocenters. The first-order chi connectivity index (χ1) is 16.0. The summed E-state index contributed by atoms with van der Waals surface area (Å²) in [5, 5.41) is 11.8. The van der Waals surface area contributed by atoms with Crippen LogP contribution in [-0.2, 0) is 14.8 Å². The summed E-state index contributed by atoms with van der Waals surface area (Å²) in [5.41, 5.74) is 0.800. The van der Waals surface area contributed by atoms with Gasteiger partial charge in [0.15, 0.2) is 5.75 Å². The third kappa shape index (κ3) is 5.21. The second-order valence-corrected chi connectivity index (χ2v) is 9.17. The summed E-state index contributed by atoms with van der Waals surface area (Å²) in [6.45, 7) is 1.17. The summed E-state index contributed by atoms with van der Waals surface area (Å²) in [4.78, 5) is 12.9. The first-order valence-corrected chi connectivity index (χ1v) is 11.7. The van der Waals surface area contributed by atoms with Crippen molar-refractivity contribution in [3.8, 4) is 17.6 Å². The highest BCUT2D eigenvalue weighted by atomic mass is 32.2. The smallest absolute Gasteiger partial charge is 0.255 e. The fourth-order valence-corrected chi connectivity index (χ4v) is 4.77. The van der Waals surface area contributed by atoms with Gasteiger partial charge in [0, 0.05) is 18.7 Å². The Labute approximate surface area is 192 Å². The van der Waals surface area contributed by atoms with E-state index in [1.165, 1.54) is 28.6 Å². The zero-order chi connectivity index (χ0) is 23.3. The summed E-state index contributed by atoms with van der Waals surface area (Å²) in [7, 11) is -3.78. The summed E-state index contributed by atoms with van der Waals surface area (Å²) in [6, 6.07) is 21.5. The lowest BCUT2D eigenvalue weighted by Gasteiger charge is -2.26. The molecule has 9 heteroatoms. The van der Waals surface area contributed by atoms with Crippen LogP contribution in [-0.4, -0.2) is 44.9 Å². The largest absolute Gasteiger partial charge is 0.455 e. The van der Waals surface area contributed by atoms with Gasteiger partial charge in [-0.3, -0.25) is 4.79 Å². The van der Waals surface area contributed by atoms with E-state index in [2.05, 4.69) is 5.32 Å². The number of nitriles is 1. The number of sulfonamides is 1. The van der Waals surface area contributed by atoms with Gasteiger partial charge < -0.3 is 14.8 Å².